The molecule has 1 aliphatic rings. The van der Waals surface area contributed by atoms with E-state index in [0.717, 1.165) is 5.56 Å². The van der Waals surface area contributed by atoms with Crippen LogP contribution in [0.5, 0.6) is 11.5 Å². The van der Waals surface area contributed by atoms with E-state index in [1.807, 2.05) is 30.3 Å². The first-order chi connectivity index (χ1) is 16.1. The number of rotatable bonds is 11. The number of nitrogens with one attached hydrogen (secondary N) is 1. The maximum atomic E-state index is 12.0. The third-order valence-electron chi connectivity index (χ3n) is 4.59. The lowest BCUT2D eigenvalue weighted by atomic mass is 10.2. The van der Waals surface area contributed by atoms with Crippen molar-refractivity contribution < 1.29 is 33.3 Å². The van der Waals surface area contributed by atoms with Gasteiger partial charge in [0.2, 0.25) is 0 Å². The Labute approximate surface area is 192 Å². The fourth-order valence-electron chi connectivity index (χ4n) is 2.95. The summed E-state index contributed by atoms with van der Waals surface area (Å²) < 4.78 is 26.7. The van der Waals surface area contributed by atoms with Gasteiger partial charge in [0.15, 0.2) is 24.9 Å². The molecular formula is C24H28N2O7. The largest absolute Gasteiger partial charge is 0.485 e. The fraction of sp³-hybridized carbons (Fsp3) is 0.333. The molecule has 1 heterocycles. The molecule has 1 fully saturated rings. The molecule has 0 bridgehead atoms. The summed E-state index contributed by atoms with van der Waals surface area (Å²) >= 11 is 0. The molecule has 0 unspecified atom stereocenters. The highest BCUT2D eigenvalue weighted by molar-refractivity contribution is 5.89. The monoisotopic (exact) mass is 456 g/mol. The molecule has 33 heavy (non-hydrogen) atoms. The number of benzene rings is 2. The van der Waals surface area contributed by atoms with Gasteiger partial charge >= 0.3 is 5.97 Å². The number of hydrogen-bond acceptors (Lipinski definition) is 8. The van der Waals surface area contributed by atoms with Crippen LogP contribution in [-0.2, 0) is 30.4 Å². The first-order valence-corrected chi connectivity index (χ1v) is 10.5. The highest BCUT2D eigenvalue weighted by atomic mass is 16.7. The molecule has 2 aromatic carbocycles. The van der Waals surface area contributed by atoms with Crippen LogP contribution >= 0.6 is 0 Å². The number of morpholine rings is 1. The molecular weight excluding hydrogens is 428 g/mol. The fourth-order valence-corrected chi connectivity index (χ4v) is 2.95. The Morgan fingerprint density at radius 2 is 1.85 bits per heavy atom. The number of amides is 1. The Balaban J connectivity index is 1.52. The van der Waals surface area contributed by atoms with Gasteiger partial charge in [-0.05, 0) is 29.3 Å². The quantitative estimate of drug-likeness (QED) is 0.312. The van der Waals surface area contributed by atoms with Crippen LogP contribution in [-0.4, -0.2) is 63.7 Å². The van der Waals surface area contributed by atoms with E-state index in [9.17, 15) is 9.59 Å². The summed E-state index contributed by atoms with van der Waals surface area (Å²) in [5.41, 5.74) is 4.40. The normalized spacial score (nSPS) is 14.1. The van der Waals surface area contributed by atoms with Gasteiger partial charge in [-0.3, -0.25) is 10.2 Å². The Kier molecular flexibility index (Phi) is 9.71. The number of carbonyl (C=O) groups excluding carboxylic acids is 2. The summed E-state index contributed by atoms with van der Waals surface area (Å²) in [4.78, 5) is 23.9. The van der Waals surface area contributed by atoms with Crippen molar-refractivity contribution in [1.82, 2.24) is 10.4 Å². The molecule has 9 nitrogen and oxygen atoms in total. The lowest BCUT2D eigenvalue weighted by molar-refractivity contribution is -0.146. The maximum absolute atomic E-state index is 12.0. The van der Waals surface area contributed by atoms with E-state index in [0.29, 0.717) is 50.0 Å². The Morgan fingerprint density at radius 3 is 2.61 bits per heavy atom. The van der Waals surface area contributed by atoms with Gasteiger partial charge in [-0.25, -0.2) is 9.80 Å². The van der Waals surface area contributed by atoms with E-state index in [2.05, 4.69) is 5.43 Å². The number of hydrazine groups is 1. The van der Waals surface area contributed by atoms with Gasteiger partial charge in [-0.15, -0.1) is 0 Å². The molecule has 0 atom stereocenters. The van der Waals surface area contributed by atoms with Gasteiger partial charge in [0.1, 0.15) is 6.61 Å². The third kappa shape index (κ3) is 8.57. The molecule has 9 heteroatoms. The molecule has 3 rings (SSSR count). The number of methoxy groups -OCH3 is 1. The molecule has 0 aliphatic carbocycles. The lowest BCUT2D eigenvalue weighted by Gasteiger charge is -2.26. The summed E-state index contributed by atoms with van der Waals surface area (Å²) in [5, 5.41) is 1.73. The molecule has 1 saturated heterocycles. The predicted molar refractivity (Wildman–Crippen MR) is 120 cm³/mol. The second-order valence-corrected chi connectivity index (χ2v) is 7.11. The van der Waals surface area contributed by atoms with Crippen molar-refractivity contribution in [2.45, 2.75) is 6.61 Å². The SMILES string of the molecule is COCOc1cc(/C=C/C(=O)OCC(=O)NN2CCOCC2)ccc1OCc1ccccc1. The summed E-state index contributed by atoms with van der Waals surface area (Å²) in [5.74, 6) is 0.00770. The predicted octanol–water partition coefficient (Wildman–Crippen LogP) is 2.17. The summed E-state index contributed by atoms with van der Waals surface area (Å²) in [6, 6.07) is 15.1. The molecule has 1 amide bonds. The first-order valence-electron chi connectivity index (χ1n) is 10.5. The number of carbonyl (C=O) groups is 2. The van der Waals surface area contributed by atoms with Gasteiger partial charge in [0.05, 0.1) is 13.2 Å². The van der Waals surface area contributed by atoms with Crippen LogP contribution in [0.4, 0.5) is 0 Å². The van der Waals surface area contributed by atoms with Crippen molar-refractivity contribution >= 4 is 18.0 Å². The van der Waals surface area contributed by atoms with Crippen molar-refractivity contribution in [2.75, 3.05) is 46.8 Å². The summed E-state index contributed by atoms with van der Waals surface area (Å²) in [7, 11) is 1.53. The molecule has 0 spiro atoms. The maximum Gasteiger partial charge on any atom is 0.331 e. The van der Waals surface area contributed by atoms with Crippen molar-refractivity contribution in [3.05, 3.63) is 65.7 Å². The Bertz CT molecular complexity index is 928. The summed E-state index contributed by atoms with van der Waals surface area (Å²) in [6.45, 7) is 2.36. The van der Waals surface area contributed by atoms with Gasteiger partial charge in [0.25, 0.3) is 5.91 Å². The summed E-state index contributed by atoms with van der Waals surface area (Å²) in [6.07, 6.45) is 2.82. The zero-order valence-corrected chi connectivity index (χ0v) is 18.5. The average Bonchev–Trinajstić information content (AvgIpc) is 2.85. The van der Waals surface area contributed by atoms with Crippen LogP contribution in [0.2, 0.25) is 0 Å². The standard InChI is InChI=1S/C24H28N2O7/c1-29-18-33-22-15-19(7-9-21(22)31-16-20-5-3-2-4-6-20)8-10-24(28)32-17-23(27)25-26-11-13-30-14-12-26/h2-10,15H,11-14,16-18H2,1H3,(H,25,27)/b10-8+. The lowest BCUT2D eigenvalue weighted by Crippen LogP contribution is -2.49. The number of ether oxygens (including phenoxy) is 5. The van der Waals surface area contributed by atoms with Gasteiger partial charge in [-0.1, -0.05) is 36.4 Å². The highest BCUT2D eigenvalue weighted by Crippen LogP contribution is 2.30. The third-order valence-corrected chi connectivity index (χ3v) is 4.59. The zero-order chi connectivity index (χ0) is 23.3. The van der Waals surface area contributed by atoms with Crippen molar-refractivity contribution in [3.63, 3.8) is 0 Å². The minimum Gasteiger partial charge on any atom is -0.485 e. The van der Waals surface area contributed by atoms with Crippen LogP contribution < -0.4 is 14.9 Å². The Morgan fingerprint density at radius 1 is 1.06 bits per heavy atom. The second kappa shape index (κ2) is 13.2. The van der Waals surface area contributed by atoms with E-state index >= 15 is 0 Å². The molecule has 2 aromatic rings. The van der Waals surface area contributed by atoms with Crippen molar-refractivity contribution in [3.8, 4) is 11.5 Å². The van der Waals surface area contributed by atoms with E-state index in [1.165, 1.54) is 13.2 Å². The molecule has 0 radical (unpaired) electrons. The van der Waals surface area contributed by atoms with Crippen LogP contribution in [0, 0.1) is 0 Å². The molecule has 176 valence electrons. The molecule has 0 saturated carbocycles. The van der Waals surface area contributed by atoms with Gasteiger partial charge < -0.3 is 23.7 Å². The van der Waals surface area contributed by atoms with E-state index in [4.69, 9.17) is 23.7 Å². The van der Waals surface area contributed by atoms with Crippen LogP contribution in [0.3, 0.4) is 0 Å². The van der Waals surface area contributed by atoms with Crippen LogP contribution in [0.25, 0.3) is 6.08 Å². The number of nitrogens with zero attached hydrogens (tertiary/aromatic N) is 1. The van der Waals surface area contributed by atoms with Gasteiger partial charge in [-0.2, -0.15) is 0 Å². The van der Waals surface area contributed by atoms with Crippen LogP contribution in [0.15, 0.2) is 54.6 Å². The molecule has 1 N–H and O–H groups in total. The minimum absolute atomic E-state index is 0.0508. The molecule has 0 aromatic heterocycles. The second-order valence-electron chi connectivity index (χ2n) is 7.11. The van der Waals surface area contributed by atoms with Gasteiger partial charge in [0, 0.05) is 26.3 Å². The molecule has 1 aliphatic heterocycles. The first kappa shape index (κ1) is 24.2. The van der Waals surface area contributed by atoms with Crippen molar-refractivity contribution in [1.29, 1.82) is 0 Å². The van der Waals surface area contributed by atoms with Crippen molar-refractivity contribution in [2.24, 2.45) is 0 Å². The highest BCUT2D eigenvalue weighted by Gasteiger charge is 2.14. The Hall–Kier alpha value is -3.40. The topological polar surface area (TPSA) is 95.6 Å². The van der Waals surface area contributed by atoms with E-state index < -0.39 is 11.9 Å². The minimum atomic E-state index is -0.629. The van der Waals surface area contributed by atoms with Crippen LogP contribution in [0.1, 0.15) is 11.1 Å². The number of esters is 1. The number of hydrogen-bond donors (Lipinski definition) is 1. The van der Waals surface area contributed by atoms with E-state index in [1.54, 1.807) is 29.3 Å². The average molecular weight is 456 g/mol. The zero-order valence-electron chi connectivity index (χ0n) is 18.5. The smallest absolute Gasteiger partial charge is 0.331 e. The van der Waals surface area contributed by atoms with E-state index in [-0.39, 0.29) is 13.4 Å².